The summed E-state index contributed by atoms with van der Waals surface area (Å²) in [5.74, 6) is 1.05. The van der Waals surface area contributed by atoms with Gasteiger partial charge in [0, 0.05) is 13.1 Å². The van der Waals surface area contributed by atoms with Crippen LogP contribution in [-0.2, 0) is 7.05 Å². The molecule has 0 aliphatic heterocycles. The van der Waals surface area contributed by atoms with Crippen LogP contribution >= 0.6 is 0 Å². The van der Waals surface area contributed by atoms with Gasteiger partial charge in [-0.3, -0.25) is 0 Å². The summed E-state index contributed by atoms with van der Waals surface area (Å²) in [4.78, 5) is 4.35. The van der Waals surface area contributed by atoms with Crippen molar-refractivity contribution < 1.29 is 5.11 Å². The highest BCUT2D eigenvalue weighted by Crippen LogP contribution is 2.21. The number of aromatic nitrogens is 2. The molecule has 0 aliphatic carbocycles. The number of hydrogen-bond acceptors (Lipinski definition) is 3. The van der Waals surface area contributed by atoms with Crippen LogP contribution < -0.4 is 5.73 Å². The minimum absolute atomic E-state index is 0.102. The van der Waals surface area contributed by atoms with Crippen molar-refractivity contribution >= 4 is 11.0 Å². The number of nitrogens with zero attached hydrogens (tertiary/aromatic N) is 2. The lowest BCUT2D eigenvalue weighted by atomic mass is 10.3. The first-order valence-corrected chi connectivity index (χ1v) is 4.50. The first kappa shape index (κ1) is 9.02. The molecule has 0 radical (unpaired) electrons. The van der Waals surface area contributed by atoms with Gasteiger partial charge in [-0.25, -0.2) is 4.98 Å². The zero-order valence-electron chi connectivity index (χ0n) is 8.23. The molecule has 0 spiro atoms. The number of nitrogens with two attached hydrogens (primary N) is 1. The Hall–Kier alpha value is -1.55. The third-order valence-electron chi connectivity index (χ3n) is 2.31. The lowest BCUT2D eigenvalue weighted by Crippen LogP contribution is -2.11. The molecule has 2 rings (SSSR count). The van der Waals surface area contributed by atoms with E-state index in [4.69, 9.17) is 5.73 Å². The van der Waals surface area contributed by atoms with Crippen molar-refractivity contribution in [2.75, 3.05) is 0 Å². The third kappa shape index (κ3) is 1.24. The monoisotopic (exact) mass is 191 g/mol. The standard InChI is InChI=1S/C10H13N3O/c1-6(11)10-12-8-5-7(14)3-4-9(8)13(10)2/h3-6,14H,11H2,1-2H3/t6-/m0/s1. The largest absolute Gasteiger partial charge is 0.508 e. The average Bonchev–Trinajstić information content (AvgIpc) is 2.43. The first-order valence-electron chi connectivity index (χ1n) is 4.50. The van der Waals surface area contributed by atoms with E-state index in [-0.39, 0.29) is 11.8 Å². The summed E-state index contributed by atoms with van der Waals surface area (Å²) in [7, 11) is 1.92. The van der Waals surface area contributed by atoms with Gasteiger partial charge in [0.25, 0.3) is 0 Å². The van der Waals surface area contributed by atoms with Crippen molar-refractivity contribution in [1.82, 2.24) is 9.55 Å². The molecule has 0 saturated heterocycles. The predicted octanol–water partition coefficient (Wildman–Crippen LogP) is 1.30. The van der Waals surface area contributed by atoms with Gasteiger partial charge in [-0.15, -0.1) is 0 Å². The molecule has 0 fully saturated rings. The Labute approximate surface area is 82.0 Å². The van der Waals surface area contributed by atoms with Gasteiger partial charge in [-0.2, -0.15) is 0 Å². The molecular weight excluding hydrogens is 178 g/mol. The van der Waals surface area contributed by atoms with Crippen LogP contribution in [0.15, 0.2) is 18.2 Å². The molecule has 1 aromatic carbocycles. The summed E-state index contributed by atoms with van der Waals surface area (Å²) in [6, 6.07) is 5.02. The van der Waals surface area contributed by atoms with Crippen LogP contribution in [0.3, 0.4) is 0 Å². The van der Waals surface area contributed by atoms with Crippen molar-refractivity contribution in [3.63, 3.8) is 0 Å². The molecule has 3 N–H and O–H groups in total. The summed E-state index contributed by atoms with van der Waals surface area (Å²) < 4.78 is 1.94. The van der Waals surface area contributed by atoms with Crippen LogP contribution in [0.5, 0.6) is 5.75 Å². The summed E-state index contributed by atoms with van der Waals surface area (Å²) >= 11 is 0. The summed E-state index contributed by atoms with van der Waals surface area (Å²) in [5, 5.41) is 9.29. The molecule has 0 aliphatic rings. The lowest BCUT2D eigenvalue weighted by molar-refractivity contribution is 0.476. The quantitative estimate of drug-likeness (QED) is 0.714. The highest BCUT2D eigenvalue weighted by molar-refractivity contribution is 5.77. The smallest absolute Gasteiger partial charge is 0.126 e. The van der Waals surface area contributed by atoms with Crippen molar-refractivity contribution in [2.24, 2.45) is 12.8 Å². The number of fused-ring (bicyclic) bond motifs is 1. The van der Waals surface area contributed by atoms with Gasteiger partial charge in [0.2, 0.25) is 0 Å². The average molecular weight is 191 g/mol. The number of aryl methyl sites for hydroxylation is 1. The Bertz CT molecular complexity index is 473. The van der Waals surface area contributed by atoms with Crippen LogP contribution in [-0.4, -0.2) is 14.7 Å². The Morgan fingerprint density at radius 2 is 2.21 bits per heavy atom. The fraction of sp³-hybridized carbons (Fsp3) is 0.300. The topological polar surface area (TPSA) is 64.1 Å². The number of aromatic hydroxyl groups is 1. The third-order valence-corrected chi connectivity index (χ3v) is 2.31. The molecule has 1 heterocycles. The molecule has 14 heavy (non-hydrogen) atoms. The molecule has 2 aromatic rings. The minimum Gasteiger partial charge on any atom is -0.508 e. The maximum atomic E-state index is 9.29. The SMILES string of the molecule is C[C@H](N)c1nc2cc(O)ccc2n1C. The molecule has 0 amide bonds. The molecule has 4 heteroatoms. The molecule has 1 aromatic heterocycles. The Morgan fingerprint density at radius 1 is 1.50 bits per heavy atom. The van der Waals surface area contributed by atoms with Gasteiger partial charge in [0.1, 0.15) is 11.6 Å². The second kappa shape index (κ2) is 2.99. The van der Waals surface area contributed by atoms with Gasteiger partial charge in [-0.05, 0) is 19.1 Å². The number of hydrogen-bond donors (Lipinski definition) is 2. The van der Waals surface area contributed by atoms with E-state index in [1.807, 2.05) is 24.6 Å². The van der Waals surface area contributed by atoms with E-state index in [2.05, 4.69) is 4.98 Å². The summed E-state index contributed by atoms with van der Waals surface area (Å²) in [6.45, 7) is 1.89. The van der Waals surface area contributed by atoms with Crippen LogP contribution in [0.25, 0.3) is 11.0 Å². The lowest BCUT2D eigenvalue weighted by Gasteiger charge is -2.04. The van der Waals surface area contributed by atoms with Gasteiger partial charge >= 0.3 is 0 Å². The van der Waals surface area contributed by atoms with Gasteiger partial charge in [0.05, 0.1) is 17.1 Å². The van der Waals surface area contributed by atoms with Crippen LogP contribution in [0.1, 0.15) is 18.8 Å². The molecule has 0 bridgehead atoms. The molecule has 0 saturated carbocycles. The Kier molecular flexibility index (Phi) is 1.93. The van der Waals surface area contributed by atoms with Gasteiger partial charge < -0.3 is 15.4 Å². The number of phenolic OH excluding ortho intramolecular Hbond substituents is 1. The van der Waals surface area contributed by atoms with E-state index in [1.165, 1.54) is 0 Å². The van der Waals surface area contributed by atoms with Gasteiger partial charge in [0.15, 0.2) is 0 Å². The number of imidazole rings is 1. The molecule has 0 unspecified atom stereocenters. The van der Waals surface area contributed by atoms with Crippen LogP contribution in [0.4, 0.5) is 0 Å². The van der Waals surface area contributed by atoms with Crippen molar-refractivity contribution in [2.45, 2.75) is 13.0 Å². The van der Waals surface area contributed by atoms with Crippen LogP contribution in [0, 0.1) is 0 Å². The molecule has 4 nitrogen and oxygen atoms in total. The highest BCUT2D eigenvalue weighted by Gasteiger charge is 2.10. The Morgan fingerprint density at radius 3 is 2.86 bits per heavy atom. The van der Waals surface area contributed by atoms with E-state index in [9.17, 15) is 5.11 Å². The fourth-order valence-electron chi connectivity index (χ4n) is 1.61. The Balaban J connectivity index is 2.73. The summed E-state index contributed by atoms with van der Waals surface area (Å²) in [6.07, 6.45) is 0. The van der Waals surface area contributed by atoms with E-state index in [1.54, 1.807) is 12.1 Å². The fourth-order valence-corrected chi connectivity index (χ4v) is 1.61. The minimum atomic E-state index is -0.102. The zero-order chi connectivity index (χ0) is 10.3. The van der Waals surface area contributed by atoms with Crippen molar-refractivity contribution in [3.05, 3.63) is 24.0 Å². The van der Waals surface area contributed by atoms with Crippen molar-refractivity contribution in [1.29, 1.82) is 0 Å². The number of rotatable bonds is 1. The van der Waals surface area contributed by atoms with Crippen LogP contribution in [0.2, 0.25) is 0 Å². The highest BCUT2D eigenvalue weighted by atomic mass is 16.3. The molecule has 74 valence electrons. The number of benzene rings is 1. The van der Waals surface area contributed by atoms with E-state index >= 15 is 0 Å². The summed E-state index contributed by atoms with van der Waals surface area (Å²) in [5.41, 5.74) is 7.53. The zero-order valence-corrected chi connectivity index (χ0v) is 8.23. The molecule has 1 atom stereocenters. The normalized spacial score (nSPS) is 13.4. The maximum absolute atomic E-state index is 9.29. The van der Waals surface area contributed by atoms with E-state index in [0.717, 1.165) is 16.9 Å². The predicted molar refractivity (Wildman–Crippen MR) is 55.0 cm³/mol. The van der Waals surface area contributed by atoms with Crippen molar-refractivity contribution in [3.8, 4) is 5.75 Å². The maximum Gasteiger partial charge on any atom is 0.126 e. The second-order valence-electron chi connectivity index (χ2n) is 3.49. The molecular formula is C10H13N3O. The van der Waals surface area contributed by atoms with E-state index < -0.39 is 0 Å². The number of phenols is 1. The van der Waals surface area contributed by atoms with E-state index in [0.29, 0.717) is 0 Å². The first-order chi connectivity index (χ1) is 6.59. The van der Waals surface area contributed by atoms with Gasteiger partial charge in [-0.1, -0.05) is 0 Å². The second-order valence-corrected chi connectivity index (χ2v) is 3.49.